The summed E-state index contributed by atoms with van der Waals surface area (Å²) in [5.74, 6) is -1.56. The second-order valence-electron chi connectivity index (χ2n) is 9.92. The number of hydrogen-bond donors (Lipinski definition) is 0. The largest absolute Gasteiger partial charge is 0.494 e. The highest BCUT2D eigenvalue weighted by Gasteiger charge is 2.36. The summed E-state index contributed by atoms with van der Waals surface area (Å²) in [4.78, 5) is 7.03. The fourth-order valence-electron chi connectivity index (χ4n) is 5.57. The van der Waals surface area contributed by atoms with Crippen molar-refractivity contribution < 1.29 is 18.3 Å². The van der Waals surface area contributed by atoms with E-state index in [1.807, 2.05) is 30.5 Å². The molecule has 5 nitrogen and oxygen atoms in total. The van der Waals surface area contributed by atoms with Gasteiger partial charge in [0.1, 0.15) is 0 Å². The average molecular weight is 516 g/mol. The van der Waals surface area contributed by atoms with E-state index in [1.54, 1.807) is 0 Å². The molecule has 1 saturated heterocycles. The first-order chi connectivity index (χ1) is 18.4. The minimum atomic E-state index is -0.726. The fourth-order valence-corrected chi connectivity index (χ4v) is 5.57. The van der Waals surface area contributed by atoms with E-state index in [4.69, 9.17) is 9.47 Å². The average Bonchev–Trinajstić information content (AvgIpc) is 3.37. The van der Waals surface area contributed by atoms with Crippen LogP contribution in [0.3, 0.4) is 0 Å². The molecule has 1 aliphatic carbocycles. The molecule has 5 rings (SSSR count). The first-order valence-electron chi connectivity index (χ1n) is 12.9. The summed E-state index contributed by atoms with van der Waals surface area (Å²) in [5.41, 5.74) is 4.97. The van der Waals surface area contributed by atoms with Gasteiger partial charge >= 0.3 is 0 Å². The number of aromatic nitrogens is 1. The Hall–Kier alpha value is -3.76. The number of nitrogens with zero attached hydrogens (tertiary/aromatic N) is 3. The monoisotopic (exact) mass is 515 g/mol. The van der Waals surface area contributed by atoms with Gasteiger partial charge in [0.25, 0.3) is 0 Å². The van der Waals surface area contributed by atoms with Crippen LogP contribution >= 0.6 is 0 Å². The number of pyridine rings is 1. The van der Waals surface area contributed by atoms with Crippen LogP contribution in [-0.2, 0) is 18.3 Å². The number of fused-ring (bicyclic) bond motifs is 1. The van der Waals surface area contributed by atoms with Gasteiger partial charge in [-0.15, -0.1) is 0 Å². The maximum atomic E-state index is 15.0. The Kier molecular flexibility index (Phi) is 7.18. The number of allylic oxidation sites excluding steroid dienone is 2. The Balaban J connectivity index is 1.41. The number of ether oxygens (including phenoxy) is 2. The number of rotatable bonds is 7. The number of benzene rings is 2. The van der Waals surface area contributed by atoms with Crippen molar-refractivity contribution in [3.8, 4) is 28.7 Å². The molecule has 2 aromatic carbocycles. The molecule has 2 aliphatic rings. The third-order valence-electron chi connectivity index (χ3n) is 8.03. The molecule has 0 saturated carbocycles. The summed E-state index contributed by atoms with van der Waals surface area (Å²) in [6.07, 6.45) is 6.12. The molecule has 0 spiro atoms. The fraction of sp³-hybridized carbons (Fsp3) is 0.355. The van der Waals surface area contributed by atoms with Gasteiger partial charge in [-0.05, 0) is 55.2 Å². The van der Waals surface area contributed by atoms with E-state index in [0.717, 1.165) is 66.0 Å². The molecule has 0 amide bonds. The molecule has 3 aromatic rings. The molecule has 196 valence electrons. The standard InChI is InChI=1S/C31H31F2N3O2/c1-4-36-13-11-31(19-34,12-14-36)23-8-5-20(6-9-23)22-16-24-21(7-10-26(24)35-18-22)15-25-29(32)27(37-2)17-28(38-3)30(25)33/h5-9,16-18H,4,10-15H2,1-3H3. The van der Waals surface area contributed by atoms with Gasteiger partial charge in [-0.3, -0.25) is 4.98 Å². The van der Waals surface area contributed by atoms with Gasteiger partial charge in [-0.2, -0.15) is 5.26 Å². The molecule has 38 heavy (non-hydrogen) atoms. The van der Waals surface area contributed by atoms with Crippen molar-refractivity contribution in [2.24, 2.45) is 0 Å². The Bertz CT molecular complexity index is 1390. The van der Waals surface area contributed by atoms with Gasteiger partial charge in [0.2, 0.25) is 0 Å². The van der Waals surface area contributed by atoms with Crippen molar-refractivity contribution in [3.63, 3.8) is 0 Å². The van der Waals surface area contributed by atoms with Crippen molar-refractivity contribution in [2.45, 2.75) is 38.0 Å². The lowest BCUT2D eigenvalue weighted by Gasteiger charge is -2.37. The van der Waals surface area contributed by atoms with Gasteiger partial charge in [0.15, 0.2) is 23.1 Å². The second-order valence-corrected chi connectivity index (χ2v) is 9.92. The topological polar surface area (TPSA) is 58.4 Å². The molecule has 0 atom stereocenters. The first kappa shape index (κ1) is 25.9. The SMILES string of the molecule is CCN1CCC(C#N)(c2ccc(-c3cnc4c(c3)C(Cc3c(F)c(OC)cc(OC)c3F)=CC4)cc2)CC1. The molecule has 1 aliphatic heterocycles. The van der Waals surface area contributed by atoms with Gasteiger partial charge in [0, 0.05) is 41.8 Å². The van der Waals surface area contributed by atoms with Gasteiger partial charge in [0.05, 0.1) is 31.4 Å². The van der Waals surface area contributed by atoms with Crippen molar-refractivity contribution in [1.29, 1.82) is 5.26 Å². The quantitative estimate of drug-likeness (QED) is 0.380. The molecule has 0 unspecified atom stereocenters. The molecule has 1 aromatic heterocycles. The van der Waals surface area contributed by atoms with Crippen LogP contribution in [0, 0.1) is 23.0 Å². The molecule has 1 fully saturated rings. The van der Waals surface area contributed by atoms with E-state index >= 15 is 8.78 Å². The summed E-state index contributed by atoms with van der Waals surface area (Å²) in [6, 6.07) is 14.0. The van der Waals surface area contributed by atoms with E-state index in [9.17, 15) is 5.26 Å². The minimum Gasteiger partial charge on any atom is -0.494 e. The van der Waals surface area contributed by atoms with E-state index < -0.39 is 17.0 Å². The minimum absolute atomic E-state index is 0.0560. The number of piperidine rings is 1. The third-order valence-corrected chi connectivity index (χ3v) is 8.03. The van der Waals surface area contributed by atoms with Crippen LogP contribution in [0.4, 0.5) is 8.78 Å². The van der Waals surface area contributed by atoms with Gasteiger partial charge in [-0.25, -0.2) is 8.78 Å². The zero-order valence-corrected chi connectivity index (χ0v) is 22.0. The first-order valence-corrected chi connectivity index (χ1v) is 12.9. The van der Waals surface area contributed by atoms with Crippen LogP contribution < -0.4 is 9.47 Å². The van der Waals surface area contributed by atoms with Gasteiger partial charge in [-0.1, -0.05) is 37.3 Å². The summed E-state index contributed by atoms with van der Waals surface area (Å²) in [7, 11) is 2.69. The van der Waals surface area contributed by atoms with Crippen molar-refractivity contribution in [1.82, 2.24) is 9.88 Å². The number of likely N-dealkylation sites (tertiary alicyclic amines) is 1. The molecule has 0 N–H and O–H groups in total. The molecule has 2 heterocycles. The summed E-state index contributed by atoms with van der Waals surface area (Å²) in [5, 5.41) is 10.0. The van der Waals surface area contributed by atoms with Crippen LogP contribution in [0.25, 0.3) is 16.7 Å². The predicted molar refractivity (Wildman–Crippen MR) is 143 cm³/mol. The molecule has 7 heteroatoms. The number of halogens is 2. The van der Waals surface area contributed by atoms with E-state index in [2.05, 4.69) is 35.0 Å². The number of methoxy groups -OCH3 is 2. The van der Waals surface area contributed by atoms with E-state index in [1.165, 1.54) is 20.3 Å². The summed E-state index contributed by atoms with van der Waals surface area (Å²) < 4.78 is 40.3. The highest BCUT2D eigenvalue weighted by atomic mass is 19.1. The molecular formula is C31H31F2N3O2. The number of hydrogen-bond acceptors (Lipinski definition) is 5. The number of nitriles is 1. The third kappa shape index (κ3) is 4.54. The Morgan fingerprint density at radius 2 is 1.66 bits per heavy atom. The summed E-state index contributed by atoms with van der Waals surface area (Å²) >= 11 is 0. The highest BCUT2D eigenvalue weighted by Crippen LogP contribution is 2.39. The zero-order chi connectivity index (χ0) is 26.9. The van der Waals surface area contributed by atoms with Crippen molar-refractivity contribution >= 4 is 5.57 Å². The van der Waals surface area contributed by atoms with Crippen LogP contribution in [0.5, 0.6) is 11.5 Å². The molecule has 0 radical (unpaired) electrons. The van der Waals surface area contributed by atoms with E-state index in [0.29, 0.717) is 6.42 Å². The van der Waals surface area contributed by atoms with Crippen LogP contribution in [0.15, 0.2) is 48.7 Å². The van der Waals surface area contributed by atoms with Crippen LogP contribution in [0.2, 0.25) is 0 Å². The Morgan fingerprint density at radius 1 is 1.00 bits per heavy atom. The lowest BCUT2D eigenvalue weighted by Crippen LogP contribution is -2.41. The second kappa shape index (κ2) is 10.5. The Morgan fingerprint density at radius 3 is 2.24 bits per heavy atom. The zero-order valence-electron chi connectivity index (χ0n) is 22.0. The predicted octanol–water partition coefficient (Wildman–Crippen LogP) is 6.10. The Labute approximate surface area is 222 Å². The molecule has 0 bridgehead atoms. The maximum Gasteiger partial charge on any atom is 0.171 e. The normalized spacial score (nSPS) is 16.5. The van der Waals surface area contributed by atoms with Crippen molar-refractivity contribution in [2.75, 3.05) is 33.9 Å². The van der Waals surface area contributed by atoms with Crippen LogP contribution in [0.1, 0.15) is 42.1 Å². The highest BCUT2D eigenvalue weighted by molar-refractivity contribution is 5.78. The van der Waals surface area contributed by atoms with Gasteiger partial charge < -0.3 is 14.4 Å². The molecular weight excluding hydrogens is 484 g/mol. The summed E-state index contributed by atoms with van der Waals surface area (Å²) in [6.45, 7) is 5.01. The lowest BCUT2D eigenvalue weighted by atomic mass is 9.74. The lowest BCUT2D eigenvalue weighted by molar-refractivity contribution is 0.194. The maximum absolute atomic E-state index is 15.0. The van der Waals surface area contributed by atoms with Crippen molar-refractivity contribution in [3.05, 3.63) is 82.7 Å². The smallest absolute Gasteiger partial charge is 0.171 e. The van der Waals surface area contributed by atoms with E-state index in [-0.39, 0.29) is 23.5 Å². The van der Waals surface area contributed by atoms with Crippen LogP contribution in [-0.4, -0.2) is 43.7 Å².